The highest BCUT2D eigenvalue weighted by atomic mass is 16.4. The molecule has 0 unspecified atom stereocenters. The molecule has 0 saturated heterocycles. The van der Waals surface area contributed by atoms with Crippen LogP contribution in [0.15, 0.2) is 42.5 Å². The first-order valence-electron chi connectivity index (χ1n) is 18.5. The molecule has 0 aliphatic heterocycles. The lowest BCUT2D eigenvalue weighted by atomic mass is 9.33. The molecule has 46 heavy (non-hydrogen) atoms. The minimum absolute atomic E-state index is 0.0154. The number of carboxylic acid groups (broad SMARTS) is 1. The molecule has 5 aliphatic carbocycles. The Balaban J connectivity index is 1.31. The van der Waals surface area contributed by atoms with E-state index in [-0.39, 0.29) is 27.2 Å². The second-order valence-corrected chi connectivity index (χ2v) is 18.3. The summed E-state index contributed by atoms with van der Waals surface area (Å²) in [5.41, 5.74) is 5.11. The topological polar surface area (TPSA) is 66.4 Å². The quantitative estimate of drug-likeness (QED) is 0.282. The van der Waals surface area contributed by atoms with Crippen LogP contribution in [-0.4, -0.2) is 28.9 Å². The summed E-state index contributed by atoms with van der Waals surface area (Å²) in [6.07, 6.45) is 14.2. The number of ketones is 1. The number of carbonyl (C=O) groups excluding carboxylic acids is 1. The fourth-order valence-electron chi connectivity index (χ4n) is 13.1. The Labute approximate surface area is 279 Å². The monoisotopic (exact) mass is 627 g/mol. The lowest BCUT2D eigenvalue weighted by Gasteiger charge is -2.72. The van der Waals surface area contributed by atoms with Crippen molar-refractivity contribution < 1.29 is 14.7 Å². The van der Waals surface area contributed by atoms with Gasteiger partial charge in [-0.15, -0.1) is 0 Å². The number of allylic oxidation sites excluding steroid dienone is 3. The molecule has 9 atom stereocenters. The molecule has 4 nitrogen and oxygen atoms in total. The molecule has 0 spiro atoms. The van der Waals surface area contributed by atoms with Crippen molar-refractivity contribution in [2.24, 2.45) is 57.2 Å². The summed E-state index contributed by atoms with van der Waals surface area (Å²) in [6.45, 7) is 24.6. The fourth-order valence-corrected chi connectivity index (χ4v) is 13.1. The van der Waals surface area contributed by atoms with Crippen molar-refractivity contribution in [2.75, 3.05) is 6.54 Å². The highest BCUT2D eigenvalue weighted by molar-refractivity contribution is 5.88. The van der Waals surface area contributed by atoms with Crippen molar-refractivity contribution in [3.05, 3.63) is 53.6 Å². The molecular weight excluding hydrogens is 566 g/mol. The maximum absolute atomic E-state index is 13.0. The van der Waals surface area contributed by atoms with Gasteiger partial charge in [-0.05, 0) is 145 Å². The van der Waals surface area contributed by atoms with E-state index in [0.29, 0.717) is 59.8 Å². The van der Waals surface area contributed by atoms with E-state index in [1.54, 1.807) is 12.1 Å². The average Bonchev–Trinajstić information content (AvgIpc) is 3.36. The first-order valence-corrected chi connectivity index (χ1v) is 18.5. The van der Waals surface area contributed by atoms with Gasteiger partial charge < -0.3 is 10.4 Å². The predicted octanol–water partition coefficient (Wildman–Crippen LogP) is 9.99. The lowest BCUT2D eigenvalue weighted by Crippen LogP contribution is -2.68. The number of carbonyl (C=O) groups is 2. The van der Waals surface area contributed by atoms with Crippen molar-refractivity contribution in [3.8, 4) is 0 Å². The number of aromatic carboxylic acids is 1. The third-order valence-corrected chi connectivity index (χ3v) is 15.4. The average molecular weight is 628 g/mol. The van der Waals surface area contributed by atoms with Crippen molar-refractivity contribution in [1.29, 1.82) is 0 Å². The molecule has 0 bridgehead atoms. The van der Waals surface area contributed by atoms with Gasteiger partial charge in [-0.2, -0.15) is 0 Å². The molecule has 1 aromatic rings. The predicted molar refractivity (Wildman–Crippen MR) is 188 cm³/mol. The summed E-state index contributed by atoms with van der Waals surface area (Å²) in [4.78, 5) is 24.5. The van der Waals surface area contributed by atoms with Gasteiger partial charge in [0.15, 0.2) is 0 Å². The number of hydrogen-bond donors (Lipinski definition) is 2. The lowest BCUT2D eigenvalue weighted by molar-refractivity contribution is -0.219. The summed E-state index contributed by atoms with van der Waals surface area (Å²) >= 11 is 0. The number of carboxylic acids is 1. The van der Waals surface area contributed by atoms with Gasteiger partial charge >= 0.3 is 5.97 Å². The molecule has 1 aromatic carbocycles. The number of Topliss-reactive ketones (excluding diaryl/α,β-unsaturated/α-hetero) is 1. The number of hydrogen-bond acceptors (Lipinski definition) is 3. The first-order chi connectivity index (χ1) is 21.5. The van der Waals surface area contributed by atoms with E-state index in [4.69, 9.17) is 0 Å². The maximum atomic E-state index is 13.0. The van der Waals surface area contributed by atoms with Crippen LogP contribution in [-0.2, 0) is 4.79 Å². The Bertz CT molecular complexity index is 1420. The van der Waals surface area contributed by atoms with Gasteiger partial charge in [0.1, 0.15) is 5.78 Å². The summed E-state index contributed by atoms with van der Waals surface area (Å²) in [5.74, 6) is 2.90. The zero-order valence-electron chi connectivity index (χ0n) is 30.1. The second-order valence-electron chi connectivity index (χ2n) is 18.3. The van der Waals surface area contributed by atoms with E-state index >= 15 is 0 Å². The van der Waals surface area contributed by atoms with Gasteiger partial charge in [-0.1, -0.05) is 78.8 Å². The summed E-state index contributed by atoms with van der Waals surface area (Å²) < 4.78 is 0. The van der Waals surface area contributed by atoms with E-state index in [2.05, 4.69) is 73.4 Å². The van der Waals surface area contributed by atoms with Crippen LogP contribution in [0, 0.1) is 57.2 Å². The van der Waals surface area contributed by atoms with Crippen LogP contribution < -0.4 is 5.32 Å². The van der Waals surface area contributed by atoms with E-state index < -0.39 is 5.97 Å². The summed E-state index contributed by atoms with van der Waals surface area (Å²) in [6, 6.07) is 7.58. The summed E-state index contributed by atoms with van der Waals surface area (Å²) in [7, 11) is 0. The molecule has 5 aliphatic rings. The largest absolute Gasteiger partial charge is 0.478 e. The highest BCUT2D eigenvalue weighted by Gasteiger charge is 2.70. The molecular formula is C42H61NO3. The number of benzene rings is 1. The Kier molecular flexibility index (Phi) is 8.39. The molecule has 252 valence electrons. The van der Waals surface area contributed by atoms with E-state index in [1.807, 2.05) is 12.1 Å². The molecule has 4 heteroatoms. The molecule has 0 heterocycles. The van der Waals surface area contributed by atoms with E-state index in [0.717, 1.165) is 6.42 Å². The first kappa shape index (κ1) is 33.7. The molecule has 4 fully saturated rings. The van der Waals surface area contributed by atoms with Crippen molar-refractivity contribution >= 4 is 17.3 Å². The third-order valence-electron chi connectivity index (χ3n) is 15.4. The van der Waals surface area contributed by atoms with Gasteiger partial charge in [-0.25, -0.2) is 4.79 Å². The smallest absolute Gasteiger partial charge is 0.335 e. The van der Waals surface area contributed by atoms with E-state index in [1.165, 1.54) is 68.1 Å². The van der Waals surface area contributed by atoms with Crippen LogP contribution in [0.5, 0.6) is 0 Å². The van der Waals surface area contributed by atoms with Crippen LogP contribution in [0.25, 0.3) is 5.57 Å². The molecule has 6 rings (SSSR count). The van der Waals surface area contributed by atoms with Gasteiger partial charge in [0.25, 0.3) is 0 Å². The standard InChI is InChI=1S/C42H61NO3/c1-26(2)24-30(44)25-43-42-21-16-31(27(3)4)36(42)33-14-15-35-39(7)19-17-32(28-10-12-29(13-11-28)37(45)46)38(5,6)34(39)18-20-41(35,9)40(33,8)22-23-42/h10-13,17,26,31,33-36,43H,3,14-16,18-25H2,1-2,4-9H3,(H,45,46)/t31-,33+,34-,35+,36+,39-,40+,41+,42-/m0/s1. The highest BCUT2D eigenvalue weighted by Crippen LogP contribution is 2.76. The van der Waals surface area contributed by atoms with Gasteiger partial charge in [-0.3, -0.25) is 4.79 Å². The molecule has 0 amide bonds. The molecule has 4 saturated carbocycles. The minimum Gasteiger partial charge on any atom is -0.478 e. The fraction of sp³-hybridized carbons (Fsp3) is 0.714. The molecule has 0 radical (unpaired) electrons. The van der Waals surface area contributed by atoms with Crippen molar-refractivity contribution in [3.63, 3.8) is 0 Å². The summed E-state index contributed by atoms with van der Waals surface area (Å²) in [5, 5.41) is 13.4. The molecule has 2 N–H and O–H groups in total. The number of fused-ring (bicyclic) bond motifs is 7. The zero-order valence-corrected chi connectivity index (χ0v) is 30.1. The van der Waals surface area contributed by atoms with Crippen LogP contribution in [0.2, 0.25) is 0 Å². The normalized spacial score (nSPS) is 41.1. The van der Waals surface area contributed by atoms with Crippen LogP contribution in [0.3, 0.4) is 0 Å². The number of nitrogens with one attached hydrogen (secondary N) is 1. The Morgan fingerprint density at radius 2 is 1.61 bits per heavy atom. The van der Waals surface area contributed by atoms with Crippen molar-refractivity contribution in [2.45, 2.75) is 125 Å². The van der Waals surface area contributed by atoms with Crippen LogP contribution >= 0.6 is 0 Å². The van der Waals surface area contributed by atoms with E-state index in [9.17, 15) is 14.7 Å². The second kappa shape index (κ2) is 11.5. The van der Waals surface area contributed by atoms with Gasteiger partial charge in [0.05, 0.1) is 12.1 Å². The zero-order chi connectivity index (χ0) is 33.4. The SMILES string of the molecule is C=C(C)[C@@H]1CC[C@]2(NCC(=O)CC(C)C)CC[C@]3(C)[C@H](CC[C@@H]4[C@@]5(C)CC=C(c6ccc(C(=O)O)cc6)C(C)(C)[C@@H]5CC[C@]43C)[C@@H]12. The molecule has 0 aromatic heterocycles. The van der Waals surface area contributed by atoms with Crippen LogP contribution in [0.4, 0.5) is 0 Å². The Hall–Kier alpha value is -2.20. The van der Waals surface area contributed by atoms with Crippen molar-refractivity contribution in [1.82, 2.24) is 5.32 Å². The third kappa shape index (κ3) is 4.93. The Morgan fingerprint density at radius 3 is 2.24 bits per heavy atom. The Morgan fingerprint density at radius 1 is 0.913 bits per heavy atom. The number of rotatable bonds is 8. The van der Waals surface area contributed by atoms with Gasteiger partial charge in [0.2, 0.25) is 0 Å². The maximum Gasteiger partial charge on any atom is 0.335 e. The van der Waals surface area contributed by atoms with Gasteiger partial charge in [0, 0.05) is 12.0 Å². The van der Waals surface area contributed by atoms with Crippen LogP contribution in [0.1, 0.15) is 136 Å². The minimum atomic E-state index is -0.866.